The number of pyridine rings is 1. The molecule has 8 nitrogen and oxygen atoms in total. The molecule has 3 heterocycles. The first-order chi connectivity index (χ1) is 18.8. The number of benzene rings is 2. The molecule has 0 unspecified atom stereocenters. The Kier molecular flexibility index (Phi) is 7.42. The van der Waals surface area contributed by atoms with Gasteiger partial charge in [0.1, 0.15) is 0 Å². The lowest BCUT2D eigenvalue weighted by Crippen LogP contribution is -2.33. The molecule has 2 atom stereocenters. The van der Waals surface area contributed by atoms with E-state index >= 15 is 0 Å². The quantitative estimate of drug-likeness (QED) is 0.265. The number of nitrogens with zero attached hydrogens (tertiary/aromatic N) is 3. The first kappa shape index (κ1) is 26.1. The number of anilines is 1. The third-order valence-corrected chi connectivity index (χ3v) is 7.27. The Bertz CT molecular complexity index is 1520. The molecule has 4 aromatic rings. The van der Waals surface area contributed by atoms with Gasteiger partial charge < -0.3 is 25.2 Å². The van der Waals surface area contributed by atoms with Gasteiger partial charge in [-0.1, -0.05) is 18.2 Å². The third-order valence-electron chi connectivity index (χ3n) is 6.92. The summed E-state index contributed by atoms with van der Waals surface area (Å²) >= 11 is 5.77. The second-order valence-corrected chi connectivity index (χ2v) is 9.98. The van der Waals surface area contributed by atoms with Crippen LogP contribution in [-0.2, 0) is 4.79 Å². The van der Waals surface area contributed by atoms with Crippen LogP contribution in [0, 0.1) is 13.8 Å². The molecule has 1 fully saturated rings. The molecular formula is C30H29N5O3S. The summed E-state index contributed by atoms with van der Waals surface area (Å²) < 4.78 is 2.02. The van der Waals surface area contributed by atoms with Crippen LogP contribution >= 0.6 is 12.2 Å². The van der Waals surface area contributed by atoms with Crippen LogP contribution in [0.4, 0.5) is 5.69 Å². The summed E-state index contributed by atoms with van der Waals surface area (Å²) in [7, 11) is 0. The van der Waals surface area contributed by atoms with E-state index in [1.807, 2.05) is 78.0 Å². The van der Waals surface area contributed by atoms with Gasteiger partial charge in [0.25, 0.3) is 0 Å². The average molecular weight is 540 g/mol. The van der Waals surface area contributed by atoms with Crippen molar-refractivity contribution in [1.29, 1.82) is 0 Å². The van der Waals surface area contributed by atoms with Crippen LogP contribution in [0.2, 0.25) is 0 Å². The van der Waals surface area contributed by atoms with E-state index in [-0.39, 0.29) is 30.0 Å². The number of aromatic nitrogens is 2. The van der Waals surface area contributed by atoms with Gasteiger partial charge in [-0.25, -0.2) is 4.79 Å². The number of carboxylic acids is 1. The first-order valence-electron chi connectivity index (χ1n) is 12.7. The zero-order chi connectivity index (χ0) is 27.5. The van der Waals surface area contributed by atoms with Crippen molar-refractivity contribution in [3.63, 3.8) is 0 Å². The summed E-state index contributed by atoms with van der Waals surface area (Å²) in [5, 5.41) is 16.3. The maximum Gasteiger partial charge on any atom is 0.335 e. The van der Waals surface area contributed by atoms with Crippen molar-refractivity contribution in [1.82, 2.24) is 19.8 Å². The summed E-state index contributed by atoms with van der Waals surface area (Å²) in [4.78, 5) is 31.0. The molecule has 1 aliphatic rings. The van der Waals surface area contributed by atoms with Gasteiger partial charge in [0.2, 0.25) is 5.91 Å². The summed E-state index contributed by atoms with van der Waals surface area (Å²) in [5.74, 6) is -1.06. The first-order valence-corrected chi connectivity index (χ1v) is 13.1. The van der Waals surface area contributed by atoms with Crippen molar-refractivity contribution >= 4 is 34.9 Å². The normalized spacial score (nSPS) is 16.7. The van der Waals surface area contributed by atoms with Crippen molar-refractivity contribution in [3.8, 4) is 5.69 Å². The molecule has 3 N–H and O–H groups in total. The number of hydrogen-bond donors (Lipinski definition) is 3. The van der Waals surface area contributed by atoms with E-state index in [1.165, 1.54) is 0 Å². The number of aryl methyl sites for hydroxylation is 2. The number of amides is 1. The van der Waals surface area contributed by atoms with Crippen LogP contribution < -0.4 is 10.6 Å². The fraction of sp³-hybridized carbons (Fsp3) is 0.200. The largest absolute Gasteiger partial charge is 0.478 e. The minimum absolute atomic E-state index is 0.0915. The number of carboxylic acid groups (broad SMARTS) is 1. The Hall–Kier alpha value is -4.50. The SMILES string of the molecule is Cc1ccc(C)c(NC(=O)CCN2C(=S)N[C@H](c3ccccn3)[C@H]2c2cccn2-c2ccc(C(=O)O)cc2)c1. The van der Waals surface area contributed by atoms with Gasteiger partial charge in [-0.3, -0.25) is 9.78 Å². The summed E-state index contributed by atoms with van der Waals surface area (Å²) in [5.41, 5.74) is 5.72. The third kappa shape index (κ3) is 5.53. The number of rotatable bonds is 8. The molecule has 0 radical (unpaired) electrons. The van der Waals surface area contributed by atoms with Crippen molar-refractivity contribution < 1.29 is 14.7 Å². The van der Waals surface area contributed by atoms with Crippen LogP contribution in [0.25, 0.3) is 5.69 Å². The van der Waals surface area contributed by atoms with Crippen molar-refractivity contribution in [2.75, 3.05) is 11.9 Å². The summed E-state index contributed by atoms with van der Waals surface area (Å²) in [6.07, 6.45) is 3.93. The molecule has 0 spiro atoms. The predicted octanol–water partition coefficient (Wildman–Crippen LogP) is 5.19. The van der Waals surface area contributed by atoms with Crippen LogP contribution in [0.15, 0.2) is 85.2 Å². The number of thiocarbonyl (C=S) groups is 1. The number of aromatic carboxylic acids is 1. The number of carbonyl (C=O) groups excluding carboxylic acids is 1. The maximum absolute atomic E-state index is 13.0. The molecule has 1 saturated heterocycles. The monoisotopic (exact) mass is 539 g/mol. The molecule has 1 amide bonds. The minimum atomic E-state index is -0.972. The zero-order valence-electron chi connectivity index (χ0n) is 21.7. The van der Waals surface area contributed by atoms with E-state index in [0.29, 0.717) is 11.7 Å². The molecule has 1 aliphatic heterocycles. The molecule has 198 valence electrons. The van der Waals surface area contributed by atoms with Crippen molar-refractivity contribution in [2.24, 2.45) is 0 Å². The highest BCUT2D eigenvalue weighted by atomic mass is 32.1. The molecular weight excluding hydrogens is 510 g/mol. The Morgan fingerprint density at radius 1 is 1.05 bits per heavy atom. The minimum Gasteiger partial charge on any atom is -0.478 e. The van der Waals surface area contributed by atoms with E-state index in [1.54, 1.807) is 30.5 Å². The Balaban J connectivity index is 1.44. The summed E-state index contributed by atoms with van der Waals surface area (Å²) in [6, 6.07) is 22.0. The standard InChI is InChI=1S/C30H29N5O3S/c1-19-8-9-20(2)24(18-19)32-26(36)14-17-35-28(27(33-30(35)39)23-6-3-4-15-31-23)25-7-5-16-34(25)22-12-10-21(11-13-22)29(37)38/h3-13,15-16,18,27-28H,14,17H2,1-2H3,(H,32,36)(H,33,39)(H,37,38)/t27-,28-/m1/s1. The fourth-order valence-electron chi connectivity index (χ4n) is 4.91. The highest BCUT2D eigenvalue weighted by Crippen LogP contribution is 2.39. The van der Waals surface area contributed by atoms with E-state index in [4.69, 9.17) is 12.2 Å². The smallest absolute Gasteiger partial charge is 0.335 e. The number of carbonyl (C=O) groups is 2. The molecule has 5 rings (SSSR count). The highest BCUT2D eigenvalue weighted by molar-refractivity contribution is 7.80. The maximum atomic E-state index is 13.0. The molecule has 0 aliphatic carbocycles. The van der Waals surface area contributed by atoms with Gasteiger partial charge in [-0.2, -0.15) is 0 Å². The van der Waals surface area contributed by atoms with Crippen molar-refractivity contribution in [2.45, 2.75) is 32.4 Å². The van der Waals surface area contributed by atoms with Gasteiger partial charge in [-0.15, -0.1) is 0 Å². The molecule has 9 heteroatoms. The fourth-order valence-corrected chi connectivity index (χ4v) is 5.24. The van der Waals surface area contributed by atoms with E-state index in [9.17, 15) is 14.7 Å². The van der Waals surface area contributed by atoms with Gasteiger partial charge >= 0.3 is 5.97 Å². The Labute approximate surface area is 232 Å². The topological polar surface area (TPSA) is 99.5 Å². The van der Waals surface area contributed by atoms with Crippen LogP contribution in [-0.4, -0.2) is 43.1 Å². The second-order valence-electron chi connectivity index (χ2n) is 9.59. The molecule has 2 aromatic carbocycles. The van der Waals surface area contributed by atoms with Gasteiger partial charge in [0.15, 0.2) is 5.11 Å². The van der Waals surface area contributed by atoms with E-state index in [2.05, 4.69) is 15.6 Å². The number of nitrogens with one attached hydrogen (secondary N) is 2. The Morgan fingerprint density at radius 3 is 2.56 bits per heavy atom. The lowest BCUT2D eigenvalue weighted by molar-refractivity contribution is -0.116. The second kappa shape index (κ2) is 11.1. The predicted molar refractivity (Wildman–Crippen MR) is 154 cm³/mol. The average Bonchev–Trinajstić information content (AvgIpc) is 3.54. The lowest BCUT2D eigenvalue weighted by atomic mass is 10.0. The van der Waals surface area contributed by atoms with E-state index < -0.39 is 5.97 Å². The number of hydrogen-bond acceptors (Lipinski definition) is 4. The van der Waals surface area contributed by atoms with Gasteiger partial charge in [-0.05, 0) is 91.8 Å². The summed E-state index contributed by atoms with van der Waals surface area (Å²) in [6.45, 7) is 4.37. The molecule has 39 heavy (non-hydrogen) atoms. The highest BCUT2D eigenvalue weighted by Gasteiger charge is 2.41. The molecule has 0 bridgehead atoms. The molecule has 2 aromatic heterocycles. The van der Waals surface area contributed by atoms with Gasteiger partial charge in [0.05, 0.1) is 23.3 Å². The zero-order valence-corrected chi connectivity index (χ0v) is 22.5. The van der Waals surface area contributed by atoms with Crippen LogP contribution in [0.5, 0.6) is 0 Å². The Morgan fingerprint density at radius 2 is 1.85 bits per heavy atom. The van der Waals surface area contributed by atoms with E-state index in [0.717, 1.165) is 33.9 Å². The van der Waals surface area contributed by atoms with Crippen LogP contribution in [0.3, 0.4) is 0 Å². The lowest BCUT2D eigenvalue weighted by Gasteiger charge is -2.29. The molecule has 0 saturated carbocycles. The van der Waals surface area contributed by atoms with Crippen LogP contribution in [0.1, 0.15) is 51.4 Å². The van der Waals surface area contributed by atoms with Crippen molar-refractivity contribution in [3.05, 3.63) is 113 Å². The van der Waals surface area contributed by atoms with Gasteiger partial charge in [0, 0.05) is 42.4 Å².